The van der Waals surface area contributed by atoms with Crippen LogP contribution in [0.15, 0.2) is 0 Å². The van der Waals surface area contributed by atoms with Gasteiger partial charge in [-0.05, 0) is 27.2 Å². The van der Waals surface area contributed by atoms with Crippen molar-refractivity contribution in [3.63, 3.8) is 0 Å². The van der Waals surface area contributed by atoms with Crippen LogP contribution in [0.4, 0.5) is 4.79 Å². The van der Waals surface area contributed by atoms with Gasteiger partial charge >= 0.3 is 6.09 Å². The molecule has 0 saturated carbocycles. The minimum absolute atomic E-state index is 0.182. The van der Waals surface area contributed by atoms with E-state index in [-0.39, 0.29) is 11.6 Å². The van der Waals surface area contributed by atoms with E-state index in [1.54, 1.807) is 4.90 Å². The zero-order valence-corrected chi connectivity index (χ0v) is 10.9. The number of carbonyl (C=O) groups excluding carboxylic acids is 1. The van der Waals surface area contributed by atoms with Gasteiger partial charge in [0.1, 0.15) is 5.60 Å². The van der Waals surface area contributed by atoms with Gasteiger partial charge < -0.3 is 14.8 Å². The fourth-order valence-corrected chi connectivity index (χ4v) is 2.25. The van der Waals surface area contributed by atoms with Crippen LogP contribution in [0, 0.1) is 0 Å². The van der Waals surface area contributed by atoms with E-state index in [4.69, 9.17) is 9.47 Å². The molecule has 2 aliphatic heterocycles. The highest BCUT2D eigenvalue weighted by molar-refractivity contribution is 5.70. The Labute approximate surface area is 102 Å². The Morgan fingerprint density at radius 1 is 1.47 bits per heavy atom. The standard InChI is InChI=1S/C12H22N2O3/c1-11(2,3)17-10(15)14-6-4-12(14)8-13-5-7-16-9-12/h13H,4-9H2,1-3H3/t12-/m1/s1. The van der Waals surface area contributed by atoms with E-state index >= 15 is 0 Å². The summed E-state index contributed by atoms with van der Waals surface area (Å²) in [6.45, 7) is 9.40. The first kappa shape index (κ1) is 12.6. The minimum Gasteiger partial charge on any atom is -0.444 e. The van der Waals surface area contributed by atoms with Crippen molar-refractivity contribution in [2.45, 2.75) is 38.3 Å². The Morgan fingerprint density at radius 3 is 2.82 bits per heavy atom. The average Bonchev–Trinajstić information content (AvgIpc) is 2.38. The van der Waals surface area contributed by atoms with Gasteiger partial charge in [0, 0.05) is 19.6 Å². The molecule has 0 aromatic heterocycles. The number of amides is 1. The van der Waals surface area contributed by atoms with Crippen LogP contribution >= 0.6 is 0 Å². The van der Waals surface area contributed by atoms with Crippen LogP contribution in [-0.2, 0) is 9.47 Å². The molecule has 1 spiro atoms. The maximum Gasteiger partial charge on any atom is 0.410 e. The summed E-state index contributed by atoms with van der Waals surface area (Å²) in [4.78, 5) is 13.8. The number of carbonyl (C=O) groups is 1. The number of hydrogen-bond donors (Lipinski definition) is 1. The van der Waals surface area contributed by atoms with Crippen LogP contribution in [0.3, 0.4) is 0 Å². The third kappa shape index (κ3) is 2.72. The van der Waals surface area contributed by atoms with Gasteiger partial charge in [-0.2, -0.15) is 0 Å². The summed E-state index contributed by atoms with van der Waals surface area (Å²) in [5, 5.41) is 3.31. The van der Waals surface area contributed by atoms with Crippen molar-refractivity contribution >= 4 is 6.09 Å². The largest absolute Gasteiger partial charge is 0.444 e. The summed E-state index contributed by atoms with van der Waals surface area (Å²) >= 11 is 0. The van der Waals surface area contributed by atoms with Crippen LogP contribution < -0.4 is 5.32 Å². The molecular formula is C12H22N2O3. The molecule has 17 heavy (non-hydrogen) atoms. The number of rotatable bonds is 0. The quantitative estimate of drug-likeness (QED) is 0.688. The van der Waals surface area contributed by atoms with Gasteiger partial charge in [-0.15, -0.1) is 0 Å². The molecule has 1 atom stereocenters. The van der Waals surface area contributed by atoms with Gasteiger partial charge in [0.25, 0.3) is 0 Å². The van der Waals surface area contributed by atoms with E-state index in [9.17, 15) is 4.79 Å². The molecule has 2 saturated heterocycles. The van der Waals surface area contributed by atoms with E-state index in [1.807, 2.05) is 20.8 Å². The molecule has 0 aromatic carbocycles. The summed E-state index contributed by atoms with van der Waals surface area (Å²) in [5.74, 6) is 0. The van der Waals surface area contributed by atoms with Gasteiger partial charge in [-0.1, -0.05) is 0 Å². The molecule has 5 nitrogen and oxygen atoms in total. The Kier molecular flexibility index (Phi) is 3.32. The monoisotopic (exact) mass is 242 g/mol. The summed E-state index contributed by atoms with van der Waals surface area (Å²) in [6.07, 6.45) is 0.759. The lowest BCUT2D eigenvalue weighted by atomic mass is 9.85. The highest BCUT2D eigenvalue weighted by Gasteiger charge is 2.49. The molecule has 1 N–H and O–H groups in total. The summed E-state index contributed by atoms with van der Waals surface area (Å²) in [6, 6.07) is 0. The molecule has 2 rings (SSSR count). The van der Waals surface area contributed by atoms with Crippen LogP contribution in [0.5, 0.6) is 0 Å². The van der Waals surface area contributed by atoms with Crippen molar-refractivity contribution < 1.29 is 14.3 Å². The Morgan fingerprint density at radius 2 is 2.24 bits per heavy atom. The van der Waals surface area contributed by atoms with Crippen LogP contribution in [0.25, 0.3) is 0 Å². The van der Waals surface area contributed by atoms with Crippen molar-refractivity contribution in [1.82, 2.24) is 10.2 Å². The maximum atomic E-state index is 12.0. The highest BCUT2D eigenvalue weighted by Crippen LogP contribution is 2.32. The summed E-state index contributed by atoms with van der Waals surface area (Å²) < 4.78 is 11.0. The first-order valence-corrected chi connectivity index (χ1v) is 6.22. The maximum absolute atomic E-state index is 12.0. The minimum atomic E-state index is -0.438. The van der Waals surface area contributed by atoms with Gasteiger partial charge in [0.05, 0.1) is 18.8 Å². The summed E-state index contributed by atoms with van der Waals surface area (Å²) in [7, 11) is 0. The molecule has 0 unspecified atom stereocenters. The van der Waals surface area contributed by atoms with Crippen molar-refractivity contribution in [2.75, 3.05) is 32.8 Å². The van der Waals surface area contributed by atoms with Crippen LogP contribution in [-0.4, -0.2) is 55.0 Å². The SMILES string of the molecule is CC(C)(C)OC(=O)N1CC[C@]12CNCCOC2. The van der Waals surface area contributed by atoms with Crippen molar-refractivity contribution in [3.8, 4) is 0 Å². The van der Waals surface area contributed by atoms with Crippen molar-refractivity contribution in [1.29, 1.82) is 0 Å². The number of nitrogens with zero attached hydrogens (tertiary/aromatic N) is 1. The fraction of sp³-hybridized carbons (Fsp3) is 0.917. The lowest BCUT2D eigenvalue weighted by molar-refractivity contribution is -0.0704. The number of ether oxygens (including phenoxy) is 2. The summed E-state index contributed by atoms with van der Waals surface area (Å²) in [5.41, 5.74) is -0.619. The third-order valence-electron chi connectivity index (χ3n) is 3.24. The van der Waals surface area contributed by atoms with Gasteiger partial charge in [0.2, 0.25) is 0 Å². The second-order valence-corrected chi connectivity index (χ2v) is 5.84. The molecule has 2 heterocycles. The molecule has 1 amide bonds. The van der Waals surface area contributed by atoms with E-state index < -0.39 is 5.60 Å². The van der Waals surface area contributed by atoms with E-state index in [1.165, 1.54) is 0 Å². The molecule has 98 valence electrons. The van der Waals surface area contributed by atoms with Gasteiger partial charge in [0.15, 0.2) is 0 Å². The molecule has 2 fully saturated rings. The van der Waals surface area contributed by atoms with E-state index in [2.05, 4.69) is 5.32 Å². The molecule has 2 aliphatic rings. The van der Waals surface area contributed by atoms with Gasteiger partial charge in [-0.3, -0.25) is 4.90 Å². The average molecular weight is 242 g/mol. The Hall–Kier alpha value is -0.810. The molecule has 0 bridgehead atoms. The Bertz CT molecular complexity index is 291. The third-order valence-corrected chi connectivity index (χ3v) is 3.24. The highest BCUT2D eigenvalue weighted by atomic mass is 16.6. The number of hydrogen-bond acceptors (Lipinski definition) is 4. The normalized spacial score (nSPS) is 29.7. The predicted molar refractivity (Wildman–Crippen MR) is 64.0 cm³/mol. The van der Waals surface area contributed by atoms with Crippen LogP contribution in [0.2, 0.25) is 0 Å². The number of nitrogens with one attached hydrogen (secondary N) is 1. The van der Waals surface area contributed by atoms with Crippen LogP contribution in [0.1, 0.15) is 27.2 Å². The van der Waals surface area contributed by atoms with Crippen molar-refractivity contribution in [3.05, 3.63) is 0 Å². The zero-order valence-electron chi connectivity index (χ0n) is 10.9. The Balaban J connectivity index is 1.99. The topological polar surface area (TPSA) is 50.8 Å². The molecule has 5 heteroatoms. The lowest BCUT2D eigenvalue weighted by Gasteiger charge is -2.51. The molecule has 0 aliphatic carbocycles. The first-order chi connectivity index (χ1) is 7.93. The zero-order chi connectivity index (χ0) is 12.5. The lowest BCUT2D eigenvalue weighted by Crippen LogP contribution is -2.68. The molecular weight excluding hydrogens is 220 g/mol. The second kappa shape index (κ2) is 4.46. The molecule has 0 aromatic rings. The van der Waals surface area contributed by atoms with Crippen molar-refractivity contribution in [2.24, 2.45) is 0 Å². The van der Waals surface area contributed by atoms with Gasteiger partial charge in [-0.25, -0.2) is 4.79 Å². The first-order valence-electron chi connectivity index (χ1n) is 6.22. The number of likely N-dealkylation sites (tertiary alicyclic amines) is 1. The predicted octanol–water partition coefficient (Wildman–Crippen LogP) is 0.986. The van der Waals surface area contributed by atoms with E-state index in [0.717, 1.165) is 26.1 Å². The molecule has 0 radical (unpaired) electrons. The fourth-order valence-electron chi connectivity index (χ4n) is 2.25. The smallest absolute Gasteiger partial charge is 0.410 e. The van der Waals surface area contributed by atoms with E-state index in [0.29, 0.717) is 13.2 Å². The second-order valence-electron chi connectivity index (χ2n) is 5.84.